The number of carbonyl (C=O) groups excluding carboxylic acids is 2. The number of non-ortho nitro benzene ring substituents is 1. The van der Waals surface area contributed by atoms with E-state index in [0.717, 1.165) is 12.1 Å². The van der Waals surface area contributed by atoms with Gasteiger partial charge in [0.15, 0.2) is 5.69 Å². The fourth-order valence-corrected chi connectivity index (χ4v) is 3.84. The third-order valence-corrected chi connectivity index (χ3v) is 5.12. The van der Waals surface area contributed by atoms with Gasteiger partial charge in [-0.2, -0.15) is 13.2 Å². The molecule has 2 aromatic rings. The number of anilines is 1. The van der Waals surface area contributed by atoms with Crippen LogP contribution in [-0.4, -0.2) is 27.1 Å². The molecular weight excluding hydrogens is 482 g/mol. The Labute approximate surface area is 180 Å². The smallest absolute Gasteiger partial charge is 0.272 e. The maximum absolute atomic E-state index is 13.3. The molecular formula is C15H9Cl3F3N3O4S. The van der Waals surface area contributed by atoms with Crippen LogP contribution in [0.5, 0.6) is 0 Å². The number of alkyl halides is 4. The van der Waals surface area contributed by atoms with Crippen LogP contribution in [0.1, 0.15) is 27.3 Å². The summed E-state index contributed by atoms with van der Waals surface area (Å²) in [6, 6.07) is 1.61. The van der Waals surface area contributed by atoms with E-state index in [9.17, 15) is 32.9 Å². The maximum Gasteiger partial charge on any atom is 0.435 e. The minimum atomic E-state index is -4.97. The zero-order valence-corrected chi connectivity index (χ0v) is 17.5. The topological polar surface area (TPSA) is 93.4 Å². The number of benzene rings is 1. The monoisotopic (exact) mass is 489 g/mol. The highest BCUT2D eigenvalue weighted by Gasteiger charge is 2.42. The van der Waals surface area contributed by atoms with Gasteiger partial charge in [-0.1, -0.05) is 23.2 Å². The standard InChI is InChI=1S/C15H9Cl3F3N3O4S/c1-5(16)13(25)23(10-8(17)3-7(24(27)28)4-9(10)18)14(26)11-12(15(19,20)21)22-6(2)29-11/h3-5H,1-2H3. The molecule has 1 aromatic carbocycles. The maximum atomic E-state index is 13.3. The first-order valence-corrected chi connectivity index (χ1v) is 9.47. The van der Waals surface area contributed by atoms with Gasteiger partial charge in [-0.3, -0.25) is 19.7 Å². The minimum Gasteiger partial charge on any atom is -0.272 e. The van der Waals surface area contributed by atoms with Crippen molar-refractivity contribution in [3.8, 4) is 0 Å². The quantitative estimate of drug-likeness (QED) is 0.321. The van der Waals surface area contributed by atoms with Crippen LogP contribution >= 0.6 is 46.1 Å². The van der Waals surface area contributed by atoms with E-state index in [4.69, 9.17) is 34.8 Å². The van der Waals surface area contributed by atoms with E-state index >= 15 is 0 Å². The first kappa shape index (κ1) is 23.3. The molecule has 0 aliphatic carbocycles. The van der Waals surface area contributed by atoms with Gasteiger partial charge in [-0.05, 0) is 13.8 Å². The van der Waals surface area contributed by atoms with Gasteiger partial charge in [-0.25, -0.2) is 9.88 Å². The molecule has 2 rings (SSSR count). The third kappa shape index (κ3) is 4.80. The van der Waals surface area contributed by atoms with Gasteiger partial charge in [0.2, 0.25) is 0 Å². The van der Waals surface area contributed by atoms with Gasteiger partial charge in [0, 0.05) is 12.1 Å². The minimum absolute atomic E-state index is 0.0760. The molecule has 0 N–H and O–H groups in total. The average Bonchev–Trinajstić information content (AvgIpc) is 2.98. The van der Waals surface area contributed by atoms with Crippen LogP contribution in [0.25, 0.3) is 0 Å². The summed E-state index contributed by atoms with van der Waals surface area (Å²) in [5.41, 5.74) is -2.56. The molecule has 0 spiro atoms. The number of carbonyl (C=O) groups is 2. The predicted octanol–water partition coefficient (Wildman–Crippen LogP) is 5.49. The van der Waals surface area contributed by atoms with Crippen LogP contribution in [0.3, 0.4) is 0 Å². The van der Waals surface area contributed by atoms with Crippen LogP contribution in [-0.2, 0) is 11.0 Å². The zero-order chi connectivity index (χ0) is 22.3. The number of imide groups is 1. The molecule has 14 heteroatoms. The Balaban J connectivity index is 2.74. The SMILES string of the molecule is Cc1nc(C(F)(F)F)c(C(=O)N(C(=O)C(C)Cl)c2c(Cl)cc([N+](=O)[O-])cc2Cl)s1. The predicted molar refractivity (Wildman–Crippen MR) is 102 cm³/mol. The van der Waals surface area contributed by atoms with Crippen molar-refractivity contribution in [2.45, 2.75) is 25.4 Å². The Morgan fingerprint density at radius 2 is 1.79 bits per heavy atom. The van der Waals surface area contributed by atoms with E-state index in [-0.39, 0.29) is 9.91 Å². The molecule has 1 aromatic heterocycles. The molecule has 2 amide bonds. The Morgan fingerprint density at radius 1 is 1.28 bits per heavy atom. The summed E-state index contributed by atoms with van der Waals surface area (Å²) in [6.07, 6.45) is -4.97. The summed E-state index contributed by atoms with van der Waals surface area (Å²) in [4.78, 5) is 38.3. The second kappa shape index (κ2) is 8.42. The average molecular weight is 491 g/mol. The summed E-state index contributed by atoms with van der Waals surface area (Å²) in [5, 5.41) is 8.49. The molecule has 1 atom stereocenters. The van der Waals surface area contributed by atoms with Gasteiger partial charge < -0.3 is 0 Å². The number of rotatable bonds is 4. The Morgan fingerprint density at radius 3 is 2.21 bits per heavy atom. The molecule has 0 radical (unpaired) electrons. The van der Waals surface area contributed by atoms with E-state index in [0.29, 0.717) is 11.3 Å². The highest BCUT2D eigenvalue weighted by atomic mass is 35.5. The second-order valence-corrected chi connectivity index (χ2v) is 8.19. The molecule has 0 bridgehead atoms. The van der Waals surface area contributed by atoms with E-state index in [2.05, 4.69) is 4.98 Å². The summed E-state index contributed by atoms with van der Waals surface area (Å²) < 4.78 is 39.8. The summed E-state index contributed by atoms with van der Waals surface area (Å²) in [6.45, 7) is 2.43. The lowest BCUT2D eigenvalue weighted by molar-refractivity contribution is -0.384. The number of amides is 2. The molecule has 156 valence electrons. The number of thiazole rings is 1. The number of nitro groups is 1. The van der Waals surface area contributed by atoms with Crippen LogP contribution in [0.4, 0.5) is 24.5 Å². The highest BCUT2D eigenvalue weighted by Crippen LogP contribution is 2.41. The Hall–Kier alpha value is -1.95. The van der Waals surface area contributed by atoms with Crippen LogP contribution in [0.15, 0.2) is 12.1 Å². The fraction of sp³-hybridized carbons (Fsp3) is 0.267. The zero-order valence-electron chi connectivity index (χ0n) is 14.4. The first-order valence-electron chi connectivity index (χ1n) is 7.46. The Bertz CT molecular complexity index is 987. The van der Waals surface area contributed by atoms with Gasteiger partial charge >= 0.3 is 6.18 Å². The molecule has 7 nitrogen and oxygen atoms in total. The Kier molecular flexibility index (Phi) is 6.78. The van der Waals surface area contributed by atoms with Crippen molar-refractivity contribution in [1.29, 1.82) is 0 Å². The summed E-state index contributed by atoms with van der Waals surface area (Å²) in [7, 11) is 0. The van der Waals surface area contributed by atoms with Crippen molar-refractivity contribution >= 4 is 69.3 Å². The van der Waals surface area contributed by atoms with Crippen molar-refractivity contribution in [2.75, 3.05) is 4.90 Å². The highest BCUT2D eigenvalue weighted by molar-refractivity contribution is 7.14. The van der Waals surface area contributed by atoms with Gasteiger partial charge in [0.1, 0.15) is 10.3 Å². The lowest BCUT2D eigenvalue weighted by atomic mass is 10.2. The van der Waals surface area contributed by atoms with E-state index < -0.39 is 60.3 Å². The number of aryl methyl sites for hydroxylation is 1. The lowest BCUT2D eigenvalue weighted by Gasteiger charge is -2.24. The van der Waals surface area contributed by atoms with Crippen molar-refractivity contribution in [2.24, 2.45) is 0 Å². The molecule has 1 heterocycles. The van der Waals surface area contributed by atoms with Crippen LogP contribution in [0, 0.1) is 17.0 Å². The largest absolute Gasteiger partial charge is 0.435 e. The molecule has 1 unspecified atom stereocenters. The number of halogens is 6. The number of nitrogens with zero attached hydrogens (tertiary/aromatic N) is 3. The summed E-state index contributed by atoms with van der Waals surface area (Å²) in [5.74, 6) is -2.55. The first-order chi connectivity index (χ1) is 13.3. The normalized spacial score (nSPS) is 12.6. The van der Waals surface area contributed by atoms with E-state index in [1.165, 1.54) is 13.8 Å². The van der Waals surface area contributed by atoms with Gasteiger partial charge in [0.25, 0.3) is 17.5 Å². The van der Waals surface area contributed by atoms with Crippen LogP contribution in [0.2, 0.25) is 10.0 Å². The van der Waals surface area contributed by atoms with Crippen molar-refractivity contribution in [3.63, 3.8) is 0 Å². The fourth-order valence-electron chi connectivity index (χ4n) is 2.23. The second-order valence-electron chi connectivity index (χ2n) is 5.52. The molecule has 0 aliphatic rings. The molecule has 0 aliphatic heterocycles. The molecule has 29 heavy (non-hydrogen) atoms. The van der Waals surface area contributed by atoms with Crippen molar-refractivity contribution in [1.82, 2.24) is 4.98 Å². The third-order valence-electron chi connectivity index (χ3n) is 3.40. The number of aromatic nitrogens is 1. The van der Waals surface area contributed by atoms with Gasteiger partial charge in [0.05, 0.1) is 25.7 Å². The van der Waals surface area contributed by atoms with E-state index in [1.807, 2.05) is 0 Å². The number of nitro benzene ring substituents is 1. The van der Waals surface area contributed by atoms with E-state index in [1.54, 1.807) is 0 Å². The van der Waals surface area contributed by atoms with Gasteiger partial charge in [-0.15, -0.1) is 22.9 Å². The van der Waals surface area contributed by atoms with Crippen molar-refractivity contribution in [3.05, 3.63) is 47.9 Å². The summed E-state index contributed by atoms with van der Waals surface area (Å²) >= 11 is 18.1. The van der Waals surface area contributed by atoms with Crippen molar-refractivity contribution < 1.29 is 27.7 Å². The molecule has 0 fully saturated rings. The number of hydrogen-bond donors (Lipinski definition) is 0. The van der Waals surface area contributed by atoms with Crippen LogP contribution < -0.4 is 4.90 Å². The molecule has 0 saturated carbocycles. The lowest BCUT2D eigenvalue weighted by Crippen LogP contribution is -2.41. The number of hydrogen-bond acceptors (Lipinski definition) is 6. The molecule has 0 saturated heterocycles.